The van der Waals surface area contributed by atoms with Gasteiger partial charge in [0, 0.05) is 11.8 Å². The molecule has 0 spiro atoms. The van der Waals surface area contributed by atoms with Gasteiger partial charge < -0.3 is 14.4 Å². The lowest BCUT2D eigenvalue weighted by Gasteiger charge is -2.20. The van der Waals surface area contributed by atoms with Gasteiger partial charge in [0.05, 0.1) is 12.8 Å². The van der Waals surface area contributed by atoms with E-state index in [0.29, 0.717) is 29.9 Å². The van der Waals surface area contributed by atoms with Crippen molar-refractivity contribution in [2.45, 2.75) is 26.3 Å². The van der Waals surface area contributed by atoms with Crippen molar-refractivity contribution in [3.8, 4) is 11.4 Å². The van der Waals surface area contributed by atoms with Crippen molar-refractivity contribution in [2.75, 3.05) is 11.4 Å². The fourth-order valence-corrected chi connectivity index (χ4v) is 2.65. The molecule has 1 aromatic carbocycles. The number of aliphatic carboxylic acids is 1. The van der Waals surface area contributed by atoms with E-state index in [1.54, 1.807) is 29.5 Å². The SMILES string of the molecule is CC(C)c1ccc(-c2nccc(N(CC(=O)O)Cc3ccco3)n2)cc1.Cl. The van der Waals surface area contributed by atoms with Crippen LogP contribution >= 0.6 is 12.4 Å². The van der Waals surface area contributed by atoms with Crippen LogP contribution in [0.25, 0.3) is 11.4 Å². The van der Waals surface area contributed by atoms with Crippen LogP contribution in [0.4, 0.5) is 5.82 Å². The molecule has 0 unspecified atom stereocenters. The fraction of sp³-hybridized carbons (Fsp3) is 0.250. The number of hydrogen-bond donors (Lipinski definition) is 1. The molecular formula is C20H22ClN3O3. The van der Waals surface area contributed by atoms with Crippen molar-refractivity contribution < 1.29 is 14.3 Å². The molecule has 0 saturated heterocycles. The highest BCUT2D eigenvalue weighted by molar-refractivity contribution is 5.85. The van der Waals surface area contributed by atoms with Crippen molar-refractivity contribution in [3.05, 3.63) is 66.2 Å². The first-order valence-corrected chi connectivity index (χ1v) is 8.45. The number of carbonyl (C=O) groups is 1. The fourth-order valence-electron chi connectivity index (χ4n) is 2.65. The van der Waals surface area contributed by atoms with E-state index in [4.69, 9.17) is 4.42 Å². The zero-order valence-corrected chi connectivity index (χ0v) is 16.0. The first-order chi connectivity index (χ1) is 12.5. The molecule has 0 aliphatic rings. The van der Waals surface area contributed by atoms with Gasteiger partial charge in [-0.3, -0.25) is 4.79 Å². The lowest BCUT2D eigenvalue weighted by molar-refractivity contribution is -0.135. The van der Waals surface area contributed by atoms with Gasteiger partial charge in [0.15, 0.2) is 5.82 Å². The number of halogens is 1. The van der Waals surface area contributed by atoms with Crippen LogP contribution in [0.3, 0.4) is 0 Å². The Morgan fingerprint density at radius 1 is 1.19 bits per heavy atom. The monoisotopic (exact) mass is 387 g/mol. The van der Waals surface area contributed by atoms with Crippen molar-refractivity contribution in [1.82, 2.24) is 9.97 Å². The zero-order valence-electron chi connectivity index (χ0n) is 15.2. The summed E-state index contributed by atoms with van der Waals surface area (Å²) < 4.78 is 5.34. The second-order valence-electron chi connectivity index (χ2n) is 6.34. The summed E-state index contributed by atoms with van der Waals surface area (Å²) in [6.45, 7) is 4.43. The molecule has 0 bridgehead atoms. The van der Waals surface area contributed by atoms with Gasteiger partial charge in [0.1, 0.15) is 18.1 Å². The Bertz CT molecular complexity index is 864. The molecule has 0 aliphatic carbocycles. The minimum atomic E-state index is -0.932. The molecule has 2 heterocycles. The highest BCUT2D eigenvalue weighted by atomic mass is 35.5. The Balaban J connectivity index is 0.00000261. The molecular weight excluding hydrogens is 366 g/mol. The van der Waals surface area contributed by atoms with Crippen LogP contribution in [0.15, 0.2) is 59.3 Å². The van der Waals surface area contributed by atoms with Crippen LogP contribution in [0.5, 0.6) is 0 Å². The second-order valence-corrected chi connectivity index (χ2v) is 6.34. The maximum atomic E-state index is 11.3. The van der Waals surface area contributed by atoms with Crippen LogP contribution in [0.2, 0.25) is 0 Å². The predicted octanol–water partition coefficient (Wildman–Crippen LogP) is 4.37. The Morgan fingerprint density at radius 2 is 1.93 bits per heavy atom. The molecule has 2 aromatic heterocycles. The number of rotatable bonds is 7. The average molecular weight is 388 g/mol. The van der Waals surface area contributed by atoms with Crippen molar-refractivity contribution in [3.63, 3.8) is 0 Å². The standard InChI is InChI=1S/C20H21N3O3.ClH/c1-14(2)15-5-7-16(8-6-15)20-21-10-9-18(22-20)23(13-19(24)25)12-17-4-3-11-26-17;/h3-11,14H,12-13H2,1-2H3,(H,24,25);1H. The van der Waals surface area contributed by atoms with E-state index >= 15 is 0 Å². The van der Waals surface area contributed by atoms with Crippen LogP contribution in [0, 0.1) is 0 Å². The molecule has 0 fully saturated rings. The molecule has 0 atom stereocenters. The number of anilines is 1. The molecule has 6 nitrogen and oxygen atoms in total. The molecule has 3 aromatic rings. The summed E-state index contributed by atoms with van der Waals surface area (Å²) in [6.07, 6.45) is 3.21. The molecule has 1 N–H and O–H groups in total. The summed E-state index contributed by atoms with van der Waals surface area (Å²) in [4.78, 5) is 21.8. The van der Waals surface area contributed by atoms with E-state index < -0.39 is 5.97 Å². The largest absolute Gasteiger partial charge is 0.480 e. The van der Waals surface area contributed by atoms with Crippen LogP contribution < -0.4 is 4.90 Å². The topological polar surface area (TPSA) is 79.5 Å². The van der Waals surface area contributed by atoms with Crippen molar-refractivity contribution in [2.24, 2.45) is 0 Å². The molecule has 7 heteroatoms. The highest BCUT2D eigenvalue weighted by Gasteiger charge is 2.15. The van der Waals surface area contributed by atoms with Crippen molar-refractivity contribution in [1.29, 1.82) is 0 Å². The van der Waals surface area contributed by atoms with E-state index in [0.717, 1.165) is 5.56 Å². The number of carboxylic acids is 1. The van der Waals surface area contributed by atoms with Gasteiger partial charge in [-0.2, -0.15) is 0 Å². The molecule has 0 saturated carbocycles. The van der Waals surface area contributed by atoms with E-state index in [1.807, 2.05) is 18.2 Å². The van der Waals surface area contributed by atoms with Gasteiger partial charge in [0.25, 0.3) is 0 Å². The number of furan rings is 1. The van der Waals surface area contributed by atoms with E-state index in [2.05, 4.69) is 35.9 Å². The molecule has 0 aliphatic heterocycles. The Hall–Kier alpha value is -2.86. The number of benzene rings is 1. The minimum absolute atomic E-state index is 0. The predicted molar refractivity (Wildman–Crippen MR) is 106 cm³/mol. The van der Waals surface area contributed by atoms with E-state index in [1.165, 1.54) is 5.56 Å². The van der Waals surface area contributed by atoms with Gasteiger partial charge >= 0.3 is 5.97 Å². The molecule has 142 valence electrons. The van der Waals surface area contributed by atoms with Crippen LogP contribution in [0.1, 0.15) is 31.1 Å². The summed E-state index contributed by atoms with van der Waals surface area (Å²) in [7, 11) is 0. The van der Waals surface area contributed by atoms with Gasteiger partial charge in [0.2, 0.25) is 0 Å². The lowest BCUT2D eigenvalue weighted by Crippen LogP contribution is -2.29. The van der Waals surface area contributed by atoms with Gasteiger partial charge in [-0.15, -0.1) is 12.4 Å². The molecule has 0 amide bonds. The summed E-state index contributed by atoms with van der Waals surface area (Å²) >= 11 is 0. The normalized spacial score (nSPS) is 10.5. The highest BCUT2D eigenvalue weighted by Crippen LogP contribution is 2.22. The zero-order chi connectivity index (χ0) is 18.5. The number of aromatic nitrogens is 2. The van der Waals surface area contributed by atoms with Crippen LogP contribution in [-0.2, 0) is 11.3 Å². The summed E-state index contributed by atoms with van der Waals surface area (Å²) in [5, 5.41) is 9.23. The number of nitrogens with zero attached hydrogens (tertiary/aromatic N) is 3. The molecule has 0 radical (unpaired) electrons. The summed E-state index contributed by atoms with van der Waals surface area (Å²) in [5.74, 6) is 1.30. The number of carboxylic acid groups (broad SMARTS) is 1. The minimum Gasteiger partial charge on any atom is -0.480 e. The smallest absolute Gasteiger partial charge is 0.323 e. The first-order valence-electron chi connectivity index (χ1n) is 8.45. The van der Waals surface area contributed by atoms with Crippen LogP contribution in [-0.4, -0.2) is 27.6 Å². The maximum Gasteiger partial charge on any atom is 0.323 e. The third-order valence-corrected chi connectivity index (χ3v) is 4.05. The van der Waals surface area contributed by atoms with Gasteiger partial charge in [-0.25, -0.2) is 9.97 Å². The Labute approximate surface area is 164 Å². The Morgan fingerprint density at radius 3 is 2.52 bits per heavy atom. The summed E-state index contributed by atoms with van der Waals surface area (Å²) in [5.41, 5.74) is 2.14. The lowest BCUT2D eigenvalue weighted by atomic mass is 10.0. The molecule has 27 heavy (non-hydrogen) atoms. The van der Waals surface area contributed by atoms with Gasteiger partial charge in [-0.05, 0) is 29.7 Å². The van der Waals surface area contributed by atoms with Crippen molar-refractivity contribution >= 4 is 24.2 Å². The first kappa shape index (κ1) is 20.5. The average Bonchev–Trinajstić information content (AvgIpc) is 3.14. The number of hydrogen-bond acceptors (Lipinski definition) is 5. The maximum absolute atomic E-state index is 11.3. The second kappa shape index (κ2) is 9.19. The third-order valence-electron chi connectivity index (χ3n) is 4.05. The quantitative estimate of drug-likeness (QED) is 0.648. The van der Waals surface area contributed by atoms with E-state index in [9.17, 15) is 9.90 Å². The third kappa shape index (κ3) is 5.31. The van der Waals surface area contributed by atoms with E-state index in [-0.39, 0.29) is 19.0 Å². The summed E-state index contributed by atoms with van der Waals surface area (Å²) in [6, 6.07) is 13.4. The molecule has 3 rings (SSSR count). The van der Waals surface area contributed by atoms with Gasteiger partial charge in [-0.1, -0.05) is 38.1 Å². The Kier molecular flexibility index (Phi) is 6.96.